The van der Waals surface area contributed by atoms with Crippen molar-refractivity contribution in [2.75, 3.05) is 19.6 Å². The minimum Gasteiger partial charge on any atom is -0.334 e. The number of benzene rings is 1. The minimum atomic E-state index is 0.0185. The van der Waals surface area contributed by atoms with E-state index < -0.39 is 0 Å². The summed E-state index contributed by atoms with van der Waals surface area (Å²) in [4.78, 5) is 31.6. The van der Waals surface area contributed by atoms with E-state index in [1.54, 1.807) is 6.20 Å². The molecule has 3 aromatic rings. The predicted molar refractivity (Wildman–Crippen MR) is 128 cm³/mol. The minimum absolute atomic E-state index is 0.0185. The first-order chi connectivity index (χ1) is 16.2. The Morgan fingerprint density at radius 2 is 1.85 bits per heavy atom. The quantitative estimate of drug-likeness (QED) is 0.547. The smallest absolute Gasteiger partial charge is 0.226 e. The van der Waals surface area contributed by atoms with Gasteiger partial charge in [-0.05, 0) is 69.1 Å². The normalized spacial score (nSPS) is 19.7. The number of pyridine rings is 1. The molecule has 1 atom stereocenters. The van der Waals surface area contributed by atoms with E-state index in [-0.39, 0.29) is 17.9 Å². The lowest BCUT2D eigenvalue weighted by molar-refractivity contribution is -0.138. The summed E-state index contributed by atoms with van der Waals surface area (Å²) in [5, 5.41) is 0.661. The van der Waals surface area contributed by atoms with Crippen LogP contribution in [0.2, 0.25) is 5.02 Å². The molecular weight excluding hydrogens is 434 g/mol. The Balaban J connectivity index is 1.25. The molecule has 1 aromatic carbocycles. The van der Waals surface area contributed by atoms with Crippen molar-refractivity contribution in [1.82, 2.24) is 24.8 Å². The number of carbonyl (C=O) groups is 1. The molecule has 1 amide bonds. The van der Waals surface area contributed by atoms with Crippen LogP contribution in [0.5, 0.6) is 0 Å². The lowest BCUT2D eigenvalue weighted by Crippen LogP contribution is -2.42. The maximum Gasteiger partial charge on any atom is 0.226 e. The zero-order valence-corrected chi connectivity index (χ0v) is 19.4. The summed E-state index contributed by atoms with van der Waals surface area (Å²) in [7, 11) is 0. The van der Waals surface area contributed by atoms with Gasteiger partial charge in [0, 0.05) is 42.0 Å². The molecular formula is C26H28ClN5O. The standard InChI is InChI=1S/C26H28ClN5O/c27-21-6-3-5-20(17-21)25-29-13-9-23(30-25)24-8-4-14-32(24)26(33)19-10-15-31(16-11-19)18-22-7-1-2-12-28-22/h1-3,5-7,9,12-13,17,19,24H,4,8,10-11,14-16,18H2. The van der Waals surface area contributed by atoms with Crippen LogP contribution in [0.4, 0.5) is 0 Å². The van der Waals surface area contributed by atoms with Crippen molar-refractivity contribution in [1.29, 1.82) is 0 Å². The van der Waals surface area contributed by atoms with Crippen molar-refractivity contribution in [3.63, 3.8) is 0 Å². The van der Waals surface area contributed by atoms with Crippen LogP contribution in [-0.2, 0) is 11.3 Å². The van der Waals surface area contributed by atoms with Crippen LogP contribution in [0.15, 0.2) is 60.9 Å². The summed E-state index contributed by atoms with van der Waals surface area (Å²) in [6.45, 7) is 3.51. The van der Waals surface area contributed by atoms with Gasteiger partial charge in [0.2, 0.25) is 5.91 Å². The fourth-order valence-electron chi connectivity index (χ4n) is 4.96. The molecule has 2 aromatic heterocycles. The van der Waals surface area contributed by atoms with Crippen LogP contribution < -0.4 is 0 Å². The molecule has 2 aliphatic rings. The van der Waals surface area contributed by atoms with Crippen molar-refractivity contribution in [3.05, 3.63) is 77.3 Å². The Bertz CT molecular complexity index is 1100. The highest BCUT2D eigenvalue weighted by atomic mass is 35.5. The van der Waals surface area contributed by atoms with E-state index in [0.717, 1.165) is 68.8 Å². The van der Waals surface area contributed by atoms with Gasteiger partial charge in [0.05, 0.1) is 17.4 Å². The molecule has 4 heterocycles. The molecule has 0 spiro atoms. The van der Waals surface area contributed by atoms with E-state index in [9.17, 15) is 4.79 Å². The van der Waals surface area contributed by atoms with Crippen LogP contribution in [0, 0.1) is 5.92 Å². The van der Waals surface area contributed by atoms with E-state index in [0.29, 0.717) is 10.8 Å². The number of carbonyl (C=O) groups excluding carboxylic acids is 1. The van der Waals surface area contributed by atoms with E-state index in [1.165, 1.54) is 0 Å². The number of hydrogen-bond donors (Lipinski definition) is 0. The second kappa shape index (κ2) is 9.98. The molecule has 6 nitrogen and oxygen atoms in total. The number of rotatable bonds is 5. The molecule has 7 heteroatoms. The van der Waals surface area contributed by atoms with Crippen LogP contribution >= 0.6 is 11.6 Å². The topological polar surface area (TPSA) is 62.2 Å². The Labute approximate surface area is 199 Å². The average molecular weight is 462 g/mol. The van der Waals surface area contributed by atoms with E-state index in [4.69, 9.17) is 16.6 Å². The Kier molecular flexibility index (Phi) is 6.65. The van der Waals surface area contributed by atoms with Gasteiger partial charge in [-0.15, -0.1) is 0 Å². The summed E-state index contributed by atoms with van der Waals surface area (Å²) in [6.07, 6.45) is 7.36. The molecule has 170 valence electrons. The van der Waals surface area contributed by atoms with Gasteiger partial charge in [-0.2, -0.15) is 0 Å². The van der Waals surface area contributed by atoms with Gasteiger partial charge in [-0.25, -0.2) is 9.97 Å². The Morgan fingerprint density at radius 3 is 2.64 bits per heavy atom. The number of piperidine rings is 1. The van der Waals surface area contributed by atoms with E-state index in [2.05, 4.69) is 25.8 Å². The lowest BCUT2D eigenvalue weighted by Gasteiger charge is -2.34. The van der Waals surface area contributed by atoms with Crippen molar-refractivity contribution < 1.29 is 4.79 Å². The molecule has 2 fully saturated rings. The van der Waals surface area contributed by atoms with E-state index >= 15 is 0 Å². The molecule has 5 rings (SSSR count). The summed E-state index contributed by atoms with van der Waals surface area (Å²) in [5.41, 5.74) is 2.89. The zero-order valence-electron chi connectivity index (χ0n) is 18.6. The number of halogens is 1. The number of amides is 1. The number of hydrogen-bond acceptors (Lipinski definition) is 5. The van der Waals surface area contributed by atoms with Gasteiger partial charge in [0.15, 0.2) is 5.82 Å². The second-order valence-electron chi connectivity index (χ2n) is 8.88. The molecule has 0 radical (unpaired) electrons. The first-order valence-electron chi connectivity index (χ1n) is 11.7. The summed E-state index contributed by atoms with van der Waals surface area (Å²) >= 11 is 6.15. The highest BCUT2D eigenvalue weighted by Crippen LogP contribution is 2.34. The highest BCUT2D eigenvalue weighted by Gasteiger charge is 2.36. The first-order valence-corrected chi connectivity index (χ1v) is 12.1. The highest BCUT2D eigenvalue weighted by molar-refractivity contribution is 6.30. The molecule has 0 saturated carbocycles. The maximum absolute atomic E-state index is 13.5. The Morgan fingerprint density at radius 1 is 0.970 bits per heavy atom. The van der Waals surface area contributed by atoms with Gasteiger partial charge >= 0.3 is 0 Å². The summed E-state index contributed by atoms with van der Waals surface area (Å²) in [6, 6.07) is 15.6. The third kappa shape index (κ3) is 5.07. The van der Waals surface area contributed by atoms with Crippen LogP contribution in [0.1, 0.15) is 43.1 Å². The molecule has 0 aliphatic carbocycles. The Hall–Kier alpha value is -2.83. The van der Waals surface area contributed by atoms with Gasteiger partial charge < -0.3 is 4.90 Å². The fraction of sp³-hybridized carbons (Fsp3) is 0.385. The first kappa shape index (κ1) is 22.0. The third-order valence-electron chi connectivity index (χ3n) is 6.69. The monoisotopic (exact) mass is 461 g/mol. The molecule has 1 unspecified atom stereocenters. The maximum atomic E-state index is 13.5. The fourth-order valence-corrected chi connectivity index (χ4v) is 5.15. The molecule has 2 aliphatic heterocycles. The van der Waals surface area contributed by atoms with Crippen molar-refractivity contribution in [2.24, 2.45) is 5.92 Å². The molecule has 33 heavy (non-hydrogen) atoms. The predicted octanol–water partition coefficient (Wildman–Crippen LogP) is 4.77. The molecule has 2 saturated heterocycles. The SMILES string of the molecule is O=C(C1CCN(Cc2ccccn2)CC1)N1CCCC1c1ccnc(-c2cccc(Cl)c2)n1. The summed E-state index contributed by atoms with van der Waals surface area (Å²) < 4.78 is 0. The third-order valence-corrected chi connectivity index (χ3v) is 6.92. The van der Waals surface area contributed by atoms with Crippen molar-refractivity contribution >= 4 is 17.5 Å². The average Bonchev–Trinajstić information content (AvgIpc) is 3.35. The molecule has 0 bridgehead atoms. The second-order valence-corrected chi connectivity index (χ2v) is 9.31. The zero-order chi connectivity index (χ0) is 22.6. The number of likely N-dealkylation sites (tertiary alicyclic amines) is 2. The largest absolute Gasteiger partial charge is 0.334 e. The van der Waals surface area contributed by atoms with Crippen LogP contribution in [0.3, 0.4) is 0 Å². The summed E-state index contributed by atoms with van der Waals surface area (Å²) in [5.74, 6) is 1.01. The number of nitrogens with zero attached hydrogens (tertiary/aromatic N) is 5. The molecule has 0 N–H and O–H groups in total. The van der Waals surface area contributed by atoms with Crippen LogP contribution in [-0.4, -0.2) is 50.3 Å². The van der Waals surface area contributed by atoms with Gasteiger partial charge in [0.1, 0.15) is 0 Å². The van der Waals surface area contributed by atoms with Crippen LogP contribution in [0.25, 0.3) is 11.4 Å². The van der Waals surface area contributed by atoms with Gasteiger partial charge in [0.25, 0.3) is 0 Å². The lowest BCUT2D eigenvalue weighted by atomic mass is 9.94. The van der Waals surface area contributed by atoms with Gasteiger partial charge in [-0.1, -0.05) is 29.8 Å². The number of aromatic nitrogens is 3. The van der Waals surface area contributed by atoms with Gasteiger partial charge in [-0.3, -0.25) is 14.7 Å². The van der Waals surface area contributed by atoms with Crippen molar-refractivity contribution in [2.45, 2.75) is 38.3 Å². The van der Waals surface area contributed by atoms with E-state index in [1.807, 2.05) is 48.7 Å². The van der Waals surface area contributed by atoms with Crippen molar-refractivity contribution in [3.8, 4) is 11.4 Å².